The highest BCUT2D eigenvalue weighted by Crippen LogP contribution is 2.45. The number of benzene rings is 1. The molecule has 0 bridgehead atoms. The molecule has 3 aromatic rings. The molecule has 2 atom stereocenters. The van der Waals surface area contributed by atoms with E-state index in [9.17, 15) is 4.79 Å². The monoisotopic (exact) mass is 395 g/mol. The van der Waals surface area contributed by atoms with Gasteiger partial charge in [0, 0.05) is 28.9 Å². The zero-order valence-electron chi connectivity index (χ0n) is 16.5. The van der Waals surface area contributed by atoms with Gasteiger partial charge in [0.2, 0.25) is 5.13 Å². The van der Waals surface area contributed by atoms with Crippen molar-refractivity contribution in [3.63, 3.8) is 0 Å². The lowest BCUT2D eigenvalue weighted by atomic mass is 9.74. The summed E-state index contributed by atoms with van der Waals surface area (Å²) in [5.41, 5.74) is 4.28. The van der Waals surface area contributed by atoms with E-state index in [-0.39, 0.29) is 5.91 Å². The lowest BCUT2D eigenvalue weighted by Crippen LogP contribution is -2.50. The number of hydrogen-bond acceptors (Lipinski definition) is 5. The molecule has 1 unspecified atom stereocenters. The van der Waals surface area contributed by atoms with Crippen LogP contribution in [0.2, 0.25) is 0 Å². The van der Waals surface area contributed by atoms with Crippen LogP contribution in [0, 0.1) is 6.92 Å². The third-order valence-corrected chi connectivity index (χ3v) is 6.99. The van der Waals surface area contributed by atoms with Crippen molar-refractivity contribution in [3.05, 3.63) is 40.0 Å². The van der Waals surface area contributed by atoms with Crippen LogP contribution in [0.25, 0.3) is 10.9 Å². The number of likely N-dealkylation sites (tertiary alicyclic amines) is 1. The third-order valence-electron chi connectivity index (χ3n) is 6.23. The summed E-state index contributed by atoms with van der Waals surface area (Å²) in [6, 6.07) is 7.42. The van der Waals surface area contributed by atoms with E-state index in [1.165, 1.54) is 35.1 Å². The van der Waals surface area contributed by atoms with Gasteiger partial charge < -0.3 is 4.98 Å². The number of amides is 1. The van der Waals surface area contributed by atoms with Crippen LogP contribution in [-0.2, 0) is 6.42 Å². The predicted octanol–water partition coefficient (Wildman–Crippen LogP) is 4.09. The predicted molar refractivity (Wildman–Crippen MR) is 112 cm³/mol. The maximum absolute atomic E-state index is 13.1. The zero-order valence-corrected chi connectivity index (χ0v) is 17.3. The Morgan fingerprint density at radius 1 is 1.36 bits per heavy atom. The first-order valence-electron chi connectivity index (χ1n) is 10.0. The van der Waals surface area contributed by atoms with E-state index in [4.69, 9.17) is 0 Å². The van der Waals surface area contributed by atoms with Gasteiger partial charge in [-0.2, -0.15) is 0 Å². The van der Waals surface area contributed by atoms with Gasteiger partial charge in [-0.25, -0.2) is 0 Å². The van der Waals surface area contributed by atoms with Crippen molar-refractivity contribution in [3.8, 4) is 0 Å². The number of carbonyl (C=O) groups is 1. The standard InChI is InChI=1S/C21H25N5OS/c1-11(2)26-9-5-7-13-14-6-4-8-16-18(14)15(10-17(13)26)19(22-16)20(27)23-21-25-24-12(3)28-21/h4,6,8,11,13,17,22H,5,7,9-10H2,1-3H3,(H,23,25,27)/t13?,17-/m1/s1. The average molecular weight is 396 g/mol. The summed E-state index contributed by atoms with van der Waals surface area (Å²) in [7, 11) is 0. The van der Waals surface area contributed by atoms with Gasteiger partial charge >= 0.3 is 0 Å². The van der Waals surface area contributed by atoms with Gasteiger partial charge in [-0.05, 0) is 63.8 Å². The van der Waals surface area contributed by atoms with Gasteiger partial charge in [0.05, 0.1) is 0 Å². The Morgan fingerprint density at radius 2 is 2.21 bits per heavy atom. The highest BCUT2D eigenvalue weighted by molar-refractivity contribution is 7.15. The van der Waals surface area contributed by atoms with Crippen molar-refractivity contribution in [2.75, 3.05) is 11.9 Å². The Balaban J connectivity index is 1.58. The minimum absolute atomic E-state index is 0.126. The van der Waals surface area contributed by atoms with E-state index in [1.807, 2.05) is 6.92 Å². The summed E-state index contributed by atoms with van der Waals surface area (Å²) >= 11 is 1.39. The molecule has 146 valence electrons. The molecule has 3 heterocycles. The molecule has 2 aromatic heterocycles. The molecule has 0 spiro atoms. The van der Waals surface area contributed by atoms with E-state index in [0.29, 0.717) is 28.8 Å². The quantitative estimate of drug-likeness (QED) is 0.700. The highest BCUT2D eigenvalue weighted by atomic mass is 32.1. The number of nitrogens with one attached hydrogen (secondary N) is 2. The maximum Gasteiger partial charge on any atom is 0.274 e. The number of anilines is 1. The van der Waals surface area contributed by atoms with Crippen LogP contribution in [0.5, 0.6) is 0 Å². The van der Waals surface area contributed by atoms with Gasteiger partial charge in [0.15, 0.2) is 0 Å². The topological polar surface area (TPSA) is 73.9 Å². The number of piperidine rings is 1. The first kappa shape index (κ1) is 17.8. The van der Waals surface area contributed by atoms with Gasteiger partial charge in [0.1, 0.15) is 10.7 Å². The van der Waals surface area contributed by atoms with E-state index in [0.717, 1.165) is 29.1 Å². The lowest BCUT2D eigenvalue weighted by Gasteiger charge is -2.46. The molecule has 2 N–H and O–H groups in total. The van der Waals surface area contributed by atoms with Crippen LogP contribution in [0.15, 0.2) is 18.2 Å². The van der Waals surface area contributed by atoms with E-state index >= 15 is 0 Å². The van der Waals surface area contributed by atoms with E-state index in [2.05, 4.69) is 57.4 Å². The maximum atomic E-state index is 13.1. The molecule has 1 aliphatic heterocycles. The number of hydrogen-bond donors (Lipinski definition) is 2. The van der Waals surface area contributed by atoms with Crippen molar-refractivity contribution >= 4 is 33.3 Å². The Bertz CT molecular complexity index is 1050. The molecule has 6 nitrogen and oxygen atoms in total. The summed E-state index contributed by atoms with van der Waals surface area (Å²) in [6.07, 6.45) is 3.38. The van der Waals surface area contributed by atoms with Crippen LogP contribution in [0.1, 0.15) is 59.2 Å². The number of aromatic nitrogens is 3. The smallest absolute Gasteiger partial charge is 0.274 e. The first-order chi connectivity index (χ1) is 13.5. The summed E-state index contributed by atoms with van der Waals surface area (Å²) < 4.78 is 0. The minimum atomic E-state index is -0.126. The molecule has 5 rings (SSSR count). The number of aryl methyl sites for hydroxylation is 1. The summed E-state index contributed by atoms with van der Waals surface area (Å²) in [6.45, 7) is 7.58. The molecular formula is C21H25N5OS. The second kappa shape index (κ2) is 6.67. The number of H-pyrrole nitrogens is 1. The Hall–Kier alpha value is -2.25. The van der Waals surface area contributed by atoms with Crippen molar-refractivity contribution in [2.45, 2.75) is 58.0 Å². The summed E-state index contributed by atoms with van der Waals surface area (Å²) in [5, 5.41) is 13.6. The minimum Gasteiger partial charge on any atom is -0.350 e. The molecule has 7 heteroatoms. The van der Waals surface area contributed by atoms with Gasteiger partial charge in [-0.15, -0.1) is 10.2 Å². The fourth-order valence-electron chi connectivity index (χ4n) is 5.12. The van der Waals surface area contributed by atoms with Crippen LogP contribution in [0.3, 0.4) is 0 Å². The average Bonchev–Trinajstić information content (AvgIpc) is 3.26. The van der Waals surface area contributed by atoms with Crippen LogP contribution < -0.4 is 5.32 Å². The van der Waals surface area contributed by atoms with E-state index < -0.39 is 0 Å². The second-order valence-corrected chi connectivity index (χ2v) is 9.36. The fourth-order valence-corrected chi connectivity index (χ4v) is 5.70. The number of nitrogens with zero attached hydrogens (tertiary/aromatic N) is 3. The molecule has 1 saturated heterocycles. The van der Waals surface area contributed by atoms with Crippen molar-refractivity contribution < 1.29 is 4.79 Å². The van der Waals surface area contributed by atoms with E-state index in [1.54, 1.807) is 0 Å². The zero-order chi connectivity index (χ0) is 19.4. The first-order valence-corrected chi connectivity index (χ1v) is 10.8. The SMILES string of the molecule is Cc1nnc(NC(=O)c2[nH]c3cccc4c3c2C[C@@H]2C4CCCN2C(C)C)s1. The number of rotatable bonds is 3. The Kier molecular flexibility index (Phi) is 4.25. The molecular weight excluding hydrogens is 370 g/mol. The number of carbonyl (C=O) groups excluding carboxylic acids is 1. The van der Waals surface area contributed by atoms with Crippen LogP contribution in [0.4, 0.5) is 5.13 Å². The number of aromatic amines is 1. The molecule has 1 aliphatic carbocycles. The van der Waals surface area contributed by atoms with Crippen molar-refractivity contribution in [1.29, 1.82) is 0 Å². The second-order valence-electron chi connectivity index (χ2n) is 8.18. The largest absolute Gasteiger partial charge is 0.350 e. The normalized spacial score (nSPS) is 21.9. The summed E-state index contributed by atoms with van der Waals surface area (Å²) in [4.78, 5) is 19.1. The van der Waals surface area contributed by atoms with Crippen molar-refractivity contribution in [1.82, 2.24) is 20.1 Å². The fraction of sp³-hybridized carbons (Fsp3) is 0.476. The molecule has 2 aliphatic rings. The molecule has 1 fully saturated rings. The Labute approximate surface area is 168 Å². The Morgan fingerprint density at radius 3 is 2.96 bits per heavy atom. The van der Waals surface area contributed by atoms with Crippen LogP contribution in [-0.4, -0.2) is 44.6 Å². The van der Waals surface area contributed by atoms with Gasteiger partial charge in [-0.3, -0.25) is 15.0 Å². The molecule has 28 heavy (non-hydrogen) atoms. The molecule has 1 amide bonds. The number of fused-ring (bicyclic) bond motifs is 2. The molecule has 0 radical (unpaired) electrons. The van der Waals surface area contributed by atoms with Gasteiger partial charge in [0.25, 0.3) is 5.91 Å². The van der Waals surface area contributed by atoms with Crippen molar-refractivity contribution in [2.24, 2.45) is 0 Å². The molecule has 1 aromatic carbocycles. The molecule has 0 saturated carbocycles. The van der Waals surface area contributed by atoms with Gasteiger partial charge in [-0.1, -0.05) is 23.5 Å². The highest BCUT2D eigenvalue weighted by Gasteiger charge is 2.40. The lowest BCUT2D eigenvalue weighted by molar-refractivity contribution is 0.0906. The summed E-state index contributed by atoms with van der Waals surface area (Å²) in [5.74, 6) is 0.420. The van der Waals surface area contributed by atoms with Crippen LogP contribution >= 0.6 is 11.3 Å². The third kappa shape index (κ3) is 2.76.